The molecule has 0 heterocycles. The van der Waals surface area contributed by atoms with Crippen LogP contribution in [0, 0.1) is 0 Å². The molecule has 0 atom stereocenters. The highest BCUT2D eigenvalue weighted by Gasteiger charge is 2.18. The van der Waals surface area contributed by atoms with Crippen molar-refractivity contribution in [3.63, 3.8) is 0 Å². The van der Waals surface area contributed by atoms with Crippen LogP contribution in [0.4, 0.5) is 10.5 Å². The molecule has 104 valence electrons. The number of Topliss-reactive ketones (excluding diaryl/α,β-unsaturated/α-hetero) is 1. The van der Waals surface area contributed by atoms with Gasteiger partial charge in [0.2, 0.25) is 0 Å². The molecule has 0 fully saturated rings. The predicted molar refractivity (Wildman–Crippen MR) is 77.5 cm³/mol. The third-order valence-electron chi connectivity index (χ3n) is 2.75. The van der Waals surface area contributed by atoms with E-state index in [9.17, 15) is 9.59 Å². The van der Waals surface area contributed by atoms with E-state index in [0.29, 0.717) is 13.0 Å². The number of hydrogen-bond acceptors (Lipinski definition) is 2. The van der Waals surface area contributed by atoms with Crippen LogP contribution < -0.4 is 10.6 Å². The van der Waals surface area contributed by atoms with Gasteiger partial charge in [-0.3, -0.25) is 4.79 Å². The highest BCUT2D eigenvalue weighted by atomic mass is 16.2. The fourth-order valence-electron chi connectivity index (χ4n) is 1.76. The van der Waals surface area contributed by atoms with Crippen molar-refractivity contribution in [3.8, 4) is 0 Å². The molecule has 0 saturated heterocycles. The van der Waals surface area contributed by atoms with Crippen LogP contribution in [0.3, 0.4) is 0 Å². The number of nitrogens with one attached hydrogen (secondary N) is 2. The number of ketones is 1. The van der Waals surface area contributed by atoms with Crippen molar-refractivity contribution >= 4 is 17.5 Å². The quantitative estimate of drug-likeness (QED) is 0.876. The Labute approximate surface area is 114 Å². The molecule has 2 amide bonds. The lowest BCUT2D eigenvalue weighted by Gasteiger charge is -2.23. The average molecular weight is 262 g/mol. The predicted octanol–water partition coefficient (Wildman–Crippen LogP) is 3.08. The number of benzene rings is 1. The van der Waals surface area contributed by atoms with Gasteiger partial charge in [0.25, 0.3) is 0 Å². The minimum absolute atomic E-state index is 0.0384. The summed E-state index contributed by atoms with van der Waals surface area (Å²) < 4.78 is 0. The zero-order valence-electron chi connectivity index (χ0n) is 12.0. The number of hydrogen-bond donors (Lipinski definition) is 2. The topological polar surface area (TPSA) is 58.2 Å². The second-order valence-electron chi connectivity index (χ2n) is 5.63. The lowest BCUT2D eigenvalue weighted by molar-refractivity contribution is -0.116. The van der Waals surface area contributed by atoms with Crippen LogP contribution in [-0.4, -0.2) is 18.4 Å². The van der Waals surface area contributed by atoms with Crippen molar-refractivity contribution in [3.05, 3.63) is 29.8 Å². The minimum Gasteiger partial charge on any atom is -0.337 e. The molecule has 0 spiro atoms. The van der Waals surface area contributed by atoms with Crippen molar-refractivity contribution in [1.82, 2.24) is 5.32 Å². The summed E-state index contributed by atoms with van der Waals surface area (Å²) in [4.78, 5) is 22.5. The Morgan fingerprint density at radius 3 is 2.37 bits per heavy atom. The number of rotatable bonds is 4. The molecule has 0 saturated carbocycles. The largest absolute Gasteiger partial charge is 0.337 e. The fourth-order valence-corrected chi connectivity index (χ4v) is 1.76. The number of urea groups is 1. The molecule has 0 aliphatic carbocycles. The zero-order valence-corrected chi connectivity index (χ0v) is 12.0. The van der Waals surface area contributed by atoms with Crippen molar-refractivity contribution in [2.24, 2.45) is 0 Å². The number of carbonyl (C=O) groups excluding carboxylic acids is 2. The first kappa shape index (κ1) is 15.2. The molecule has 0 aromatic heterocycles. The van der Waals surface area contributed by atoms with E-state index >= 15 is 0 Å². The Kier molecular flexibility index (Phi) is 5.10. The summed E-state index contributed by atoms with van der Waals surface area (Å²) in [5.74, 6) is 0.0652. The van der Waals surface area contributed by atoms with Gasteiger partial charge < -0.3 is 10.6 Å². The Hall–Kier alpha value is -1.84. The summed E-state index contributed by atoms with van der Waals surface area (Å²) >= 11 is 0. The van der Waals surface area contributed by atoms with Crippen LogP contribution in [0.25, 0.3) is 0 Å². The maximum atomic E-state index is 11.7. The van der Waals surface area contributed by atoms with Gasteiger partial charge in [-0.1, -0.05) is 39.0 Å². The summed E-state index contributed by atoms with van der Waals surface area (Å²) in [6.07, 6.45) is 0.355. The van der Waals surface area contributed by atoms with Crippen LogP contribution in [0.2, 0.25) is 0 Å². The van der Waals surface area contributed by atoms with Gasteiger partial charge in [-0.05, 0) is 24.0 Å². The number of anilines is 1. The monoisotopic (exact) mass is 262 g/mol. The fraction of sp³-hybridized carbons (Fsp3) is 0.467. The maximum Gasteiger partial charge on any atom is 0.319 e. The van der Waals surface area contributed by atoms with Gasteiger partial charge in [-0.25, -0.2) is 4.79 Å². The summed E-state index contributed by atoms with van der Waals surface area (Å²) in [6, 6.07) is 7.45. The van der Waals surface area contributed by atoms with Crippen LogP contribution in [0.1, 0.15) is 39.7 Å². The third-order valence-corrected chi connectivity index (χ3v) is 2.75. The van der Waals surface area contributed by atoms with Crippen molar-refractivity contribution in [1.29, 1.82) is 0 Å². The third kappa shape index (κ3) is 5.12. The Bertz CT molecular complexity index is 461. The van der Waals surface area contributed by atoms with Crippen LogP contribution >= 0.6 is 0 Å². The minimum atomic E-state index is -0.280. The van der Waals surface area contributed by atoms with Gasteiger partial charge in [-0.2, -0.15) is 0 Å². The Morgan fingerprint density at radius 1 is 1.16 bits per heavy atom. The first-order valence-corrected chi connectivity index (χ1v) is 6.44. The van der Waals surface area contributed by atoms with E-state index in [1.807, 2.05) is 24.3 Å². The van der Waals surface area contributed by atoms with Crippen LogP contribution in [0.15, 0.2) is 24.3 Å². The zero-order chi connectivity index (χ0) is 14.5. The van der Waals surface area contributed by atoms with E-state index in [1.54, 1.807) is 0 Å². The van der Waals surface area contributed by atoms with E-state index < -0.39 is 0 Å². The summed E-state index contributed by atoms with van der Waals surface area (Å²) in [5.41, 5.74) is 1.84. The molecule has 4 nitrogen and oxygen atoms in total. The van der Waals surface area contributed by atoms with Crippen LogP contribution in [-0.2, 0) is 10.2 Å². The molecule has 19 heavy (non-hydrogen) atoms. The highest BCUT2D eigenvalue weighted by molar-refractivity contribution is 5.90. The maximum absolute atomic E-state index is 11.7. The molecule has 4 heteroatoms. The molecular weight excluding hydrogens is 240 g/mol. The summed E-state index contributed by atoms with van der Waals surface area (Å²) in [6.45, 7) is 8.16. The van der Waals surface area contributed by atoms with E-state index in [0.717, 1.165) is 11.3 Å². The van der Waals surface area contributed by atoms with Gasteiger partial charge in [0, 0.05) is 18.7 Å². The lowest BCUT2D eigenvalue weighted by atomic mass is 9.86. The molecule has 1 rings (SSSR count). The standard InChI is InChI=1S/C15H22N2O2/c1-11(18)9-10-16-14(19)17-13-8-6-5-7-12(13)15(2,3)4/h5-8H,9-10H2,1-4H3,(H2,16,17,19). The molecule has 0 aliphatic rings. The molecule has 0 aliphatic heterocycles. The van der Waals surface area contributed by atoms with Gasteiger partial charge in [0.15, 0.2) is 0 Å². The molecule has 2 N–H and O–H groups in total. The molecular formula is C15H22N2O2. The Morgan fingerprint density at radius 2 is 1.79 bits per heavy atom. The molecule has 0 unspecified atom stereocenters. The van der Waals surface area contributed by atoms with Gasteiger partial charge in [0.05, 0.1) is 0 Å². The average Bonchev–Trinajstić information content (AvgIpc) is 2.27. The first-order valence-electron chi connectivity index (χ1n) is 6.44. The van der Waals surface area contributed by atoms with Crippen molar-refractivity contribution < 1.29 is 9.59 Å². The molecule has 0 bridgehead atoms. The summed E-state index contributed by atoms with van der Waals surface area (Å²) in [5, 5.41) is 5.50. The summed E-state index contributed by atoms with van der Waals surface area (Å²) in [7, 11) is 0. The highest BCUT2D eigenvalue weighted by Crippen LogP contribution is 2.28. The van der Waals surface area contributed by atoms with E-state index in [-0.39, 0.29) is 17.2 Å². The van der Waals surface area contributed by atoms with Gasteiger partial charge >= 0.3 is 6.03 Å². The number of amides is 2. The van der Waals surface area contributed by atoms with E-state index in [1.165, 1.54) is 6.92 Å². The van der Waals surface area contributed by atoms with Crippen molar-refractivity contribution in [2.75, 3.05) is 11.9 Å². The number of carbonyl (C=O) groups is 2. The normalized spacial score (nSPS) is 10.9. The van der Waals surface area contributed by atoms with Gasteiger partial charge in [0.1, 0.15) is 5.78 Å². The molecule has 0 radical (unpaired) electrons. The number of para-hydroxylation sites is 1. The van der Waals surface area contributed by atoms with E-state index in [2.05, 4.69) is 31.4 Å². The van der Waals surface area contributed by atoms with Crippen LogP contribution in [0.5, 0.6) is 0 Å². The first-order chi connectivity index (χ1) is 8.80. The van der Waals surface area contributed by atoms with Gasteiger partial charge in [-0.15, -0.1) is 0 Å². The second kappa shape index (κ2) is 6.36. The lowest BCUT2D eigenvalue weighted by Crippen LogP contribution is -2.31. The van der Waals surface area contributed by atoms with E-state index in [4.69, 9.17) is 0 Å². The molecule has 1 aromatic carbocycles. The SMILES string of the molecule is CC(=O)CCNC(=O)Nc1ccccc1C(C)(C)C. The second-order valence-corrected chi connectivity index (χ2v) is 5.63. The Balaban J connectivity index is 2.67. The molecule has 1 aromatic rings. The smallest absolute Gasteiger partial charge is 0.319 e. The van der Waals surface area contributed by atoms with Crippen molar-refractivity contribution in [2.45, 2.75) is 39.5 Å².